The fraction of sp³-hybridized carbons (Fsp3) is 0.154. The highest BCUT2D eigenvalue weighted by Gasteiger charge is 2.10. The minimum absolute atomic E-state index is 0.284. The predicted molar refractivity (Wildman–Crippen MR) is 116 cm³/mol. The number of rotatable bonds is 5. The van der Waals surface area contributed by atoms with Gasteiger partial charge in [0.25, 0.3) is 0 Å². The third kappa shape index (κ3) is 5.13. The Hall–Kier alpha value is -3.69. The second kappa shape index (κ2) is 9.63. The van der Waals surface area contributed by atoms with Crippen LogP contribution in [0.4, 0.5) is 13.2 Å². The maximum atomic E-state index is 14.5. The first-order valence-electron chi connectivity index (χ1n) is 10.00. The van der Waals surface area contributed by atoms with Gasteiger partial charge in [-0.05, 0) is 59.2 Å². The standard InChI is InChI=1S/C26H19F3N2O/c1-32-16-19-14-30-26(31-15-19)9-4-18-11-24(28)23(25(29)12-18)8-3-17-2-5-21-13-22(27)7-6-20(21)10-17/h2,5-7,10-15H,4,9,16H2,1H3. The molecule has 0 saturated carbocycles. The molecule has 4 rings (SSSR count). The average molecular weight is 432 g/mol. The molecule has 6 heteroatoms. The van der Waals surface area contributed by atoms with Crippen LogP contribution < -0.4 is 0 Å². The van der Waals surface area contributed by atoms with Gasteiger partial charge in [0, 0.05) is 37.1 Å². The summed E-state index contributed by atoms with van der Waals surface area (Å²) in [5.41, 5.74) is 1.66. The number of benzene rings is 3. The van der Waals surface area contributed by atoms with Crippen LogP contribution in [0, 0.1) is 29.3 Å². The van der Waals surface area contributed by atoms with Crippen LogP contribution in [-0.2, 0) is 24.2 Å². The maximum Gasteiger partial charge on any atom is 0.142 e. The quantitative estimate of drug-likeness (QED) is 0.397. The van der Waals surface area contributed by atoms with Crippen molar-refractivity contribution in [2.45, 2.75) is 19.4 Å². The number of methoxy groups -OCH3 is 1. The van der Waals surface area contributed by atoms with Crippen molar-refractivity contribution < 1.29 is 17.9 Å². The van der Waals surface area contributed by atoms with Crippen molar-refractivity contribution in [1.82, 2.24) is 9.97 Å². The summed E-state index contributed by atoms with van der Waals surface area (Å²) in [6, 6.07) is 12.2. The molecule has 0 aliphatic heterocycles. The first-order valence-corrected chi connectivity index (χ1v) is 10.00. The summed E-state index contributed by atoms with van der Waals surface area (Å²) in [5, 5.41) is 1.53. The second-order valence-corrected chi connectivity index (χ2v) is 7.33. The number of hydrogen-bond acceptors (Lipinski definition) is 3. The monoisotopic (exact) mass is 432 g/mol. The Morgan fingerprint density at radius 3 is 2.19 bits per heavy atom. The summed E-state index contributed by atoms with van der Waals surface area (Å²) < 4.78 is 47.4. The smallest absolute Gasteiger partial charge is 0.142 e. The van der Waals surface area contributed by atoms with Gasteiger partial charge in [-0.2, -0.15) is 0 Å². The van der Waals surface area contributed by atoms with Gasteiger partial charge >= 0.3 is 0 Å². The van der Waals surface area contributed by atoms with Gasteiger partial charge in [-0.15, -0.1) is 0 Å². The Labute approximate surface area is 183 Å². The maximum absolute atomic E-state index is 14.5. The van der Waals surface area contributed by atoms with Crippen LogP contribution in [0.2, 0.25) is 0 Å². The van der Waals surface area contributed by atoms with Crippen LogP contribution in [0.3, 0.4) is 0 Å². The summed E-state index contributed by atoms with van der Waals surface area (Å²) in [6.07, 6.45) is 4.20. The van der Waals surface area contributed by atoms with Crippen molar-refractivity contribution in [3.63, 3.8) is 0 Å². The van der Waals surface area contributed by atoms with E-state index in [-0.39, 0.29) is 11.4 Å². The van der Waals surface area contributed by atoms with Crippen molar-refractivity contribution in [2.75, 3.05) is 7.11 Å². The van der Waals surface area contributed by atoms with Gasteiger partial charge in [0.05, 0.1) is 12.2 Å². The second-order valence-electron chi connectivity index (χ2n) is 7.33. The number of hydrogen-bond donors (Lipinski definition) is 0. The van der Waals surface area contributed by atoms with Gasteiger partial charge in [-0.3, -0.25) is 0 Å². The third-order valence-corrected chi connectivity index (χ3v) is 4.94. The molecule has 1 heterocycles. The van der Waals surface area contributed by atoms with E-state index >= 15 is 0 Å². The highest BCUT2D eigenvalue weighted by Crippen LogP contribution is 2.19. The third-order valence-electron chi connectivity index (χ3n) is 4.94. The van der Waals surface area contributed by atoms with Gasteiger partial charge in [-0.25, -0.2) is 23.1 Å². The predicted octanol–water partition coefficient (Wildman–Crippen LogP) is 5.38. The Balaban J connectivity index is 1.49. The molecule has 0 aliphatic rings. The molecule has 0 unspecified atom stereocenters. The zero-order valence-corrected chi connectivity index (χ0v) is 17.3. The van der Waals surface area contributed by atoms with Crippen molar-refractivity contribution in [3.8, 4) is 11.8 Å². The molecule has 0 amide bonds. The highest BCUT2D eigenvalue weighted by atomic mass is 19.1. The average Bonchev–Trinajstić information content (AvgIpc) is 2.78. The molecular weight excluding hydrogens is 413 g/mol. The minimum atomic E-state index is -0.716. The molecule has 1 aromatic heterocycles. The van der Waals surface area contributed by atoms with Crippen LogP contribution in [0.5, 0.6) is 0 Å². The minimum Gasteiger partial charge on any atom is -0.380 e. The van der Waals surface area contributed by atoms with Crippen molar-refractivity contribution >= 4 is 10.8 Å². The van der Waals surface area contributed by atoms with E-state index in [0.29, 0.717) is 36.4 Å². The fourth-order valence-electron chi connectivity index (χ4n) is 3.33. The zero-order valence-electron chi connectivity index (χ0n) is 17.3. The van der Waals surface area contributed by atoms with Crippen LogP contribution in [0.25, 0.3) is 10.8 Å². The van der Waals surface area contributed by atoms with Crippen molar-refractivity contribution in [3.05, 3.63) is 106 Å². The number of ether oxygens (including phenoxy) is 1. The van der Waals surface area contributed by atoms with E-state index in [1.807, 2.05) is 0 Å². The summed E-state index contributed by atoms with van der Waals surface area (Å²) >= 11 is 0. The fourth-order valence-corrected chi connectivity index (χ4v) is 3.33. The van der Waals surface area contributed by atoms with E-state index in [9.17, 15) is 13.2 Å². The molecule has 3 aromatic carbocycles. The summed E-state index contributed by atoms with van der Waals surface area (Å²) in [6.45, 7) is 0.428. The molecule has 0 atom stereocenters. The Kier molecular flexibility index (Phi) is 6.48. The topological polar surface area (TPSA) is 35.0 Å². The number of aromatic nitrogens is 2. The van der Waals surface area contributed by atoms with Gasteiger partial charge in [0.1, 0.15) is 23.3 Å². The molecule has 0 aliphatic carbocycles. The Morgan fingerprint density at radius 1 is 0.781 bits per heavy atom. The zero-order chi connectivity index (χ0) is 22.5. The number of aryl methyl sites for hydroxylation is 2. The lowest BCUT2D eigenvalue weighted by Gasteiger charge is -2.05. The van der Waals surface area contributed by atoms with Crippen LogP contribution in [-0.4, -0.2) is 17.1 Å². The Bertz CT molecular complexity index is 1300. The molecule has 3 nitrogen and oxygen atoms in total. The summed E-state index contributed by atoms with van der Waals surface area (Å²) in [4.78, 5) is 8.48. The molecule has 0 N–H and O–H groups in total. The molecule has 0 fully saturated rings. The van der Waals surface area contributed by atoms with Crippen LogP contribution in [0.15, 0.2) is 60.9 Å². The first kappa shape index (κ1) is 21.5. The largest absolute Gasteiger partial charge is 0.380 e. The van der Waals surface area contributed by atoms with E-state index in [1.165, 1.54) is 24.3 Å². The number of nitrogens with zero attached hydrogens (tertiary/aromatic N) is 2. The highest BCUT2D eigenvalue weighted by molar-refractivity contribution is 5.84. The molecule has 0 spiro atoms. The summed E-state index contributed by atoms with van der Waals surface area (Å²) in [5.74, 6) is 4.20. The molecule has 160 valence electrons. The Morgan fingerprint density at radius 2 is 1.47 bits per heavy atom. The molecule has 32 heavy (non-hydrogen) atoms. The van der Waals surface area contributed by atoms with E-state index in [4.69, 9.17) is 4.74 Å². The number of fused-ring (bicyclic) bond motifs is 1. The lowest BCUT2D eigenvalue weighted by molar-refractivity contribution is 0.184. The first-order chi connectivity index (χ1) is 15.5. The van der Waals surface area contributed by atoms with Gasteiger partial charge in [-0.1, -0.05) is 24.0 Å². The normalized spacial score (nSPS) is 10.8. The van der Waals surface area contributed by atoms with Gasteiger partial charge in [0.2, 0.25) is 0 Å². The van der Waals surface area contributed by atoms with Gasteiger partial charge < -0.3 is 4.74 Å². The SMILES string of the molecule is COCc1cnc(CCc2cc(F)c(C#Cc3ccc4cc(F)ccc4c3)c(F)c2)nc1. The van der Waals surface area contributed by atoms with E-state index in [0.717, 1.165) is 16.3 Å². The van der Waals surface area contributed by atoms with Crippen molar-refractivity contribution in [2.24, 2.45) is 0 Å². The number of halogens is 3. The van der Waals surface area contributed by atoms with Crippen LogP contribution in [0.1, 0.15) is 28.1 Å². The lowest BCUT2D eigenvalue weighted by Crippen LogP contribution is -2.01. The molecule has 0 saturated heterocycles. The molecular formula is C26H19F3N2O. The lowest BCUT2D eigenvalue weighted by atomic mass is 10.0. The van der Waals surface area contributed by atoms with E-state index in [1.54, 1.807) is 43.8 Å². The van der Waals surface area contributed by atoms with Crippen LogP contribution >= 0.6 is 0 Å². The molecule has 4 aromatic rings. The summed E-state index contributed by atoms with van der Waals surface area (Å²) in [7, 11) is 1.59. The van der Waals surface area contributed by atoms with E-state index in [2.05, 4.69) is 21.8 Å². The van der Waals surface area contributed by atoms with Crippen molar-refractivity contribution in [1.29, 1.82) is 0 Å². The van der Waals surface area contributed by atoms with E-state index < -0.39 is 11.6 Å². The molecule has 0 radical (unpaired) electrons. The molecule has 0 bridgehead atoms. The van der Waals surface area contributed by atoms with Gasteiger partial charge in [0.15, 0.2) is 0 Å².